The predicted octanol–water partition coefficient (Wildman–Crippen LogP) is 1.32. The number of hydrogen-bond donors (Lipinski definition) is 3. The zero-order valence-electron chi connectivity index (χ0n) is 8.80. The molecule has 1 atom stereocenters. The Morgan fingerprint density at radius 3 is 2.44 bits per heavy atom. The highest BCUT2D eigenvalue weighted by molar-refractivity contribution is 7.80. The predicted molar refractivity (Wildman–Crippen MR) is 64.6 cm³/mol. The first kappa shape index (κ1) is 12.4. The molecule has 0 saturated carbocycles. The molecule has 1 aromatic rings. The van der Waals surface area contributed by atoms with Gasteiger partial charge in [-0.15, -0.1) is 0 Å². The number of phenolic OH excluding ortho intramolecular Hbond substituents is 1. The second-order valence-electron chi connectivity index (χ2n) is 3.46. The van der Waals surface area contributed by atoms with Gasteiger partial charge in [-0.1, -0.05) is 24.4 Å². The first-order valence-corrected chi connectivity index (χ1v) is 5.17. The Morgan fingerprint density at radius 2 is 2.00 bits per heavy atom. The third-order valence-corrected chi connectivity index (χ3v) is 2.17. The van der Waals surface area contributed by atoms with Crippen molar-refractivity contribution in [2.75, 3.05) is 0 Å². The van der Waals surface area contributed by atoms with E-state index in [1.165, 1.54) is 12.1 Å². The van der Waals surface area contributed by atoms with Crippen molar-refractivity contribution >= 4 is 23.2 Å². The van der Waals surface area contributed by atoms with Gasteiger partial charge in [-0.2, -0.15) is 0 Å². The Morgan fingerprint density at radius 1 is 1.44 bits per heavy atom. The third kappa shape index (κ3) is 3.86. The molecule has 0 amide bonds. The normalized spacial score (nSPS) is 11.8. The summed E-state index contributed by atoms with van der Waals surface area (Å²) in [6.07, 6.45) is 0.323. The lowest BCUT2D eigenvalue weighted by atomic mass is 10.1. The topological polar surface area (TPSA) is 69.6 Å². The molecule has 16 heavy (non-hydrogen) atoms. The van der Waals surface area contributed by atoms with Crippen LogP contribution in [0.1, 0.15) is 12.5 Å². The Hall–Kier alpha value is -1.62. The van der Waals surface area contributed by atoms with Crippen molar-refractivity contribution in [2.24, 2.45) is 0 Å². The zero-order valence-corrected chi connectivity index (χ0v) is 9.62. The van der Waals surface area contributed by atoms with Crippen molar-refractivity contribution in [2.45, 2.75) is 19.4 Å². The van der Waals surface area contributed by atoms with E-state index in [1.54, 1.807) is 19.1 Å². The van der Waals surface area contributed by atoms with Gasteiger partial charge in [-0.3, -0.25) is 0 Å². The molecule has 0 bridgehead atoms. The van der Waals surface area contributed by atoms with Gasteiger partial charge in [0.15, 0.2) is 0 Å². The van der Waals surface area contributed by atoms with Crippen LogP contribution < -0.4 is 5.32 Å². The summed E-state index contributed by atoms with van der Waals surface area (Å²) in [5.74, 6) is -0.785. The van der Waals surface area contributed by atoms with E-state index in [4.69, 9.17) is 22.4 Å². The number of rotatable bonds is 4. The van der Waals surface area contributed by atoms with Gasteiger partial charge in [0.25, 0.3) is 0 Å². The first-order valence-electron chi connectivity index (χ1n) is 4.77. The van der Waals surface area contributed by atoms with E-state index in [1.807, 2.05) is 0 Å². The van der Waals surface area contributed by atoms with Crippen LogP contribution in [0.3, 0.4) is 0 Å². The van der Waals surface area contributed by atoms with Gasteiger partial charge in [0.1, 0.15) is 11.8 Å². The minimum atomic E-state index is -0.947. The number of carbonyl (C=O) groups is 1. The molecule has 0 heterocycles. The second-order valence-corrected chi connectivity index (χ2v) is 4.07. The van der Waals surface area contributed by atoms with Gasteiger partial charge in [0.05, 0.1) is 4.99 Å². The molecule has 86 valence electrons. The number of carboxylic acid groups (broad SMARTS) is 1. The molecule has 5 heteroatoms. The summed E-state index contributed by atoms with van der Waals surface area (Å²) in [5.41, 5.74) is 0.828. The monoisotopic (exact) mass is 239 g/mol. The van der Waals surface area contributed by atoms with Crippen molar-refractivity contribution in [3.63, 3.8) is 0 Å². The lowest BCUT2D eigenvalue weighted by Crippen LogP contribution is -2.40. The number of hydrogen-bond acceptors (Lipinski definition) is 3. The van der Waals surface area contributed by atoms with E-state index in [0.717, 1.165) is 5.56 Å². The van der Waals surface area contributed by atoms with Crippen LogP contribution in [-0.4, -0.2) is 27.2 Å². The maximum absolute atomic E-state index is 10.9. The minimum absolute atomic E-state index is 0.162. The van der Waals surface area contributed by atoms with Crippen LogP contribution in [0, 0.1) is 0 Å². The molecule has 4 nitrogen and oxygen atoms in total. The SMILES string of the molecule is CC(=S)N[C@@H](Cc1ccc(O)cc1)C(=O)O. The standard InChI is InChI=1S/C11H13NO3S/c1-7(16)12-10(11(14)15)6-8-2-4-9(13)5-3-8/h2-5,10,13H,6H2,1H3,(H,12,16)(H,14,15)/t10-/m0/s1. The van der Waals surface area contributed by atoms with E-state index in [-0.39, 0.29) is 5.75 Å². The van der Waals surface area contributed by atoms with Crippen molar-refractivity contribution in [1.29, 1.82) is 0 Å². The Balaban J connectivity index is 2.71. The first-order chi connectivity index (χ1) is 7.49. The summed E-state index contributed by atoms with van der Waals surface area (Å²) in [7, 11) is 0. The molecule has 0 aromatic heterocycles. The second kappa shape index (κ2) is 5.46. The van der Waals surface area contributed by atoms with Gasteiger partial charge in [0, 0.05) is 6.42 Å². The van der Waals surface area contributed by atoms with Crippen LogP contribution in [0.4, 0.5) is 0 Å². The van der Waals surface area contributed by atoms with Gasteiger partial charge in [-0.05, 0) is 24.6 Å². The molecule has 3 N–H and O–H groups in total. The largest absolute Gasteiger partial charge is 0.508 e. The smallest absolute Gasteiger partial charge is 0.326 e. The highest BCUT2D eigenvalue weighted by Crippen LogP contribution is 2.11. The summed E-state index contributed by atoms with van der Waals surface area (Å²) in [4.78, 5) is 11.4. The van der Waals surface area contributed by atoms with Crippen LogP contribution in [0.5, 0.6) is 5.75 Å². The van der Waals surface area contributed by atoms with Crippen LogP contribution in [0.15, 0.2) is 24.3 Å². The fourth-order valence-corrected chi connectivity index (χ4v) is 1.46. The molecular weight excluding hydrogens is 226 g/mol. The maximum Gasteiger partial charge on any atom is 0.326 e. The lowest BCUT2D eigenvalue weighted by Gasteiger charge is -2.14. The number of thiocarbonyl (C=S) groups is 1. The number of aliphatic carboxylic acids is 1. The van der Waals surface area contributed by atoms with Crippen LogP contribution in [-0.2, 0) is 11.2 Å². The van der Waals surface area contributed by atoms with E-state index >= 15 is 0 Å². The number of nitrogens with one attached hydrogen (secondary N) is 1. The molecule has 1 rings (SSSR count). The van der Waals surface area contributed by atoms with E-state index in [0.29, 0.717) is 11.4 Å². The zero-order chi connectivity index (χ0) is 12.1. The summed E-state index contributed by atoms with van der Waals surface area (Å²) in [6, 6.07) is 5.69. The fraction of sp³-hybridized carbons (Fsp3) is 0.273. The van der Waals surface area contributed by atoms with Gasteiger partial charge in [-0.25, -0.2) is 4.79 Å². The molecule has 0 aliphatic carbocycles. The fourth-order valence-electron chi connectivity index (χ4n) is 1.31. The molecule has 0 fully saturated rings. The molecule has 0 radical (unpaired) electrons. The van der Waals surface area contributed by atoms with E-state index in [2.05, 4.69) is 5.32 Å². The molecule has 0 aliphatic heterocycles. The number of phenols is 1. The van der Waals surface area contributed by atoms with Crippen molar-refractivity contribution in [3.05, 3.63) is 29.8 Å². The molecule has 0 saturated heterocycles. The van der Waals surface area contributed by atoms with E-state index in [9.17, 15) is 4.79 Å². The number of carboxylic acids is 1. The quantitative estimate of drug-likeness (QED) is 0.691. The van der Waals surface area contributed by atoms with Crippen molar-refractivity contribution < 1.29 is 15.0 Å². The summed E-state index contributed by atoms with van der Waals surface area (Å²) >= 11 is 4.81. The Bertz CT molecular complexity index is 389. The molecule has 1 aromatic carbocycles. The van der Waals surface area contributed by atoms with Crippen molar-refractivity contribution in [1.82, 2.24) is 5.32 Å². The highest BCUT2D eigenvalue weighted by atomic mass is 32.1. The Labute approximate surface area is 98.9 Å². The number of benzene rings is 1. The maximum atomic E-state index is 10.9. The molecule has 0 aliphatic rings. The summed E-state index contributed by atoms with van der Waals surface area (Å²) < 4.78 is 0. The average Bonchev–Trinajstić information content (AvgIpc) is 2.19. The average molecular weight is 239 g/mol. The lowest BCUT2D eigenvalue weighted by molar-refractivity contribution is -0.139. The van der Waals surface area contributed by atoms with Crippen LogP contribution >= 0.6 is 12.2 Å². The van der Waals surface area contributed by atoms with Gasteiger partial charge in [0.2, 0.25) is 0 Å². The van der Waals surface area contributed by atoms with Gasteiger partial charge >= 0.3 is 5.97 Å². The number of aromatic hydroxyl groups is 1. The van der Waals surface area contributed by atoms with Crippen molar-refractivity contribution in [3.8, 4) is 5.75 Å². The van der Waals surface area contributed by atoms with Gasteiger partial charge < -0.3 is 15.5 Å². The van der Waals surface area contributed by atoms with E-state index < -0.39 is 12.0 Å². The van der Waals surface area contributed by atoms with Crippen LogP contribution in [0.25, 0.3) is 0 Å². The van der Waals surface area contributed by atoms with Crippen LogP contribution in [0.2, 0.25) is 0 Å². The third-order valence-electron chi connectivity index (χ3n) is 2.05. The summed E-state index contributed by atoms with van der Waals surface area (Å²) in [5, 5.41) is 20.8. The molecule has 0 spiro atoms. The summed E-state index contributed by atoms with van der Waals surface area (Å²) in [6.45, 7) is 1.64. The Kier molecular flexibility index (Phi) is 4.25. The highest BCUT2D eigenvalue weighted by Gasteiger charge is 2.17. The molecule has 0 unspecified atom stereocenters. The molecular formula is C11H13NO3S. The minimum Gasteiger partial charge on any atom is -0.508 e.